The summed E-state index contributed by atoms with van der Waals surface area (Å²) in [7, 11) is 0. The fourth-order valence-electron chi connectivity index (χ4n) is 2.49. The average Bonchev–Trinajstić information content (AvgIpc) is 3.04. The van der Waals surface area contributed by atoms with Crippen LogP contribution in [0.1, 0.15) is 17.5 Å². The summed E-state index contributed by atoms with van der Waals surface area (Å²) in [4.78, 5) is 4.29. The second-order valence-corrected chi connectivity index (χ2v) is 5.36. The third-order valence-electron chi connectivity index (χ3n) is 3.69. The van der Waals surface area contributed by atoms with E-state index in [0.717, 1.165) is 23.6 Å². The summed E-state index contributed by atoms with van der Waals surface area (Å²) in [5.41, 5.74) is 1.05. The number of rotatable bonds is 6. The molecule has 3 rings (SSSR count). The molecule has 3 aromatic rings. The Kier molecular flexibility index (Phi) is 4.98. The molecule has 0 aliphatic carbocycles. The van der Waals surface area contributed by atoms with Crippen molar-refractivity contribution in [3.05, 3.63) is 83.9 Å². The zero-order valence-corrected chi connectivity index (χ0v) is 12.9. The number of nitrogens with one attached hydrogen (secondary N) is 1. The third-order valence-corrected chi connectivity index (χ3v) is 3.69. The fourth-order valence-corrected chi connectivity index (χ4v) is 2.49. The largest absolute Gasteiger partial charge is 0.387 e. The van der Waals surface area contributed by atoms with Crippen molar-refractivity contribution >= 4 is 0 Å². The first-order valence-electron chi connectivity index (χ1n) is 7.56. The highest BCUT2D eigenvalue weighted by atomic mass is 19.1. The lowest BCUT2D eigenvalue weighted by Crippen LogP contribution is -2.23. The summed E-state index contributed by atoms with van der Waals surface area (Å²) >= 11 is 0. The first-order chi connectivity index (χ1) is 11.6. The SMILES string of the molecule is OC(CNCc1nccn1-c1ccccc1)c1ccc(F)cc1F. The Balaban J connectivity index is 1.62. The van der Waals surface area contributed by atoms with Gasteiger partial charge in [-0.3, -0.25) is 0 Å². The van der Waals surface area contributed by atoms with Crippen molar-refractivity contribution in [1.29, 1.82) is 0 Å². The predicted molar refractivity (Wildman–Crippen MR) is 86.6 cm³/mol. The lowest BCUT2D eigenvalue weighted by molar-refractivity contribution is 0.169. The van der Waals surface area contributed by atoms with Gasteiger partial charge in [0.1, 0.15) is 17.5 Å². The molecule has 0 saturated heterocycles. The van der Waals surface area contributed by atoms with E-state index in [2.05, 4.69) is 10.3 Å². The number of aliphatic hydroxyl groups excluding tert-OH is 1. The molecule has 2 aromatic carbocycles. The van der Waals surface area contributed by atoms with Crippen molar-refractivity contribution < 1.29 is 13.9 Å². The van der Waals surface area contributed by atoms with Crippen molar-refractivity contribution in [3.8, 4) is 5.69 Å². The maximum absolute atomic E-state index is 13.6. The molecule has 0 spiro atoms. The van der Waals surface area contributed by atoms with Crippen LogP contribution in [-0.4, -0.2) is 21.2 Å². The van der Waals surface area contributed by atoms with Crippen LogP contribution >= 0.6 is 0 Å². The summed E-state index contributed by atoms with van der Waals surface area (Å²) in [6.07, 6.45) is 2.48. The van der Waals surface area contributed by atoms with Crippen LogP contribution in [0.25, 0.3) is 5.69 Å². The summed E-state index contributed by atoms with van der Waals surface area (Å²) in [6.45, 7) is 0.534. The minimum absolute atomic E-state index is 0.0651. The summed E-state index contributed by atoms with van der Waals surface area (Å²) < 4.78 is 28.5. The van der Waals surface area contributed by atoms with Gasteiger partial charge >= 0.3 is 0 Å². The standard InChI is InChI=1S/C18H17F2N3O/c19-13-6-7-15(16(20)10-13)17(24)11-21-12-18-22-8-9-23(18)14-4-2-1-3-5-14/h1-10,17,21,24H,11-12H2. The van der Waals surface area contributed by atoms with Crippen LogP contribution in [-0.2, 0) is 6.54 Å². The second kappa shape index (κ2) is 7.33. The zero-order chi connectivity index (χ0) is 16.9. The smallest absolute Gasteiger partial charge is 0.131 e. The molecule has 2 N–H and O–H groups in total. The molecule has 0 aliphatic rings. The van der Waals surface area contributed by atoms with E-state index in [1.54, 1.807) is 6.20 Å². The highest BCUT2D eigenvalue weighted by Gasteiger charge is 2.13. The van der Waals surface area contributed by atoms with E-state index in [9.17, 15) is 13.9 Å². The Labute approximate surface area is 138 Å². The molecule has 4 nitrogen and oxygen atoms in total. The zero-order valence-electron chi connectivity index (χ0n) is 12.9. The van der Waals surface area contributed by atoms with Crippen molar-refractivity contribution in [2.45, 2.75) is 12.6 Å². The highest BCUT2D eigenvalue weighted by molar-refractivity contribution is 5.32. The van der Waals surface area contributed by atoms with Crippen LogP contribution in [0, 0.1) is 11.6 Å². The molecule has 0 amide bonds. The van der Waals surface area contributed by atoms with E-state index in [-0.39, 0.29) is 12.1 Å². The second-order valence-electron chi connectivity index (χ2n) is 5.36. The van der Waals surface area contributed by atoms with Crippen molar-refractivity contribution in [3.63, 3.8) is 0 Å². The molecule has 0 fully saturated rings. The number of para-hydroxylation sites is 1. The van der Waals surface area contributed by atoms with E-state index in [0.29, 0.717) is 6.54 Å². The monoisotopic (exact) mass is 329 g/mol. The van der Waals surface area contributed by atoms with Crippen LogP contribution in [0.15, 0.2) is 60.9 Å². The first-order valence-corrected chi connectivity index (χ1v) is 7.56. The highest BCUT2D eigenvalue weighted by Crippen LogP contribution is 2.17. The Bertz CT molecular complexity index is 805. The van der Waals surface area contributed by atoms with Crippen LogP contribution in [0.3, 0.4) is 0 Å². The third kappa shape index (κ3) is 3.67. The molecule has 1 aromatic heterocycles. The normalized spacial score (nSPS) is 12.3. The van der Waals surface area contributed by atoms with E-state index < -0.39 is 17.7 Å². The summed E-state index contributed by atoms with van der Waals surface area (Å²) in [6, 6.07) is 12.9. The quantitative estimate of drug-likeness (QED) is 0.731. The molecule has 6 heteroatoms. The lowest BCUT2D eigenvalue weighted by Gasteiger charge is -2.14. The van der Waals surface area contributed by atoms with E-state index in [1.807, 2.05) is 41.1 Å². The van der Waals surface area contributed by atoms with Gasteiger partial charge in [0, 0.05) is 36.3 Å². The number of hydrogen-bond acceptors (Lipinski definition) is 3. The summed E-state index contributed by atoms with van der Waals surface area (Å²) in [5.74, 6) is -0.649. The van der Waals surface area contributed by atoms with Crippen LogP contribution in [0.5, 0.6) is 0 Å². The van der Waals surface area contributed by atoms with Gasteiger partial charge in [-0.25, -0.2) is 13.8 Å². The van der Waals surface area contributed by atoms with E-state index >= 15 is 0 Å². The topological polar surface area (TPSA) is 50.1 Å². The van der Waals surface area contributed by atoms with Gasteiger partial charge in [-0.1, -0.05) is 24.3 Å². The molecule has 24 heavy (non-hydrogen) atoms. The molecule has 124 valence electrons. The number of aliphatic hydroxyl groups is 1. The number of halogens is 2. The van der Waals surface area contributed by atoms with E-state index in [4.69, 9.17) is 0 Å². The van der Waals surface area contributed by atoms with Crippen molar-refractivity contribution in [1.82, 2.24) is 14.9 Å². The number of imidazole rings is 1. The maximum Gasteiger partial charge on any atom is 0.131 e. The fraction of sp³-hybridized carbons (Fsp3) is 0.167. The van der Waals surface area contributed by atoms with Gasteiger partial charge in [0.05, 0.1) is 12.6 Å². The molecule has 0 aliphatic heterocycles. The number of nitrogens with zero attached hydrogens (tertiary/aromatic N) is 2. The number of benzene rings is 2. The van der Waals surface area contributed by atoms with E-state index in [1.165, 1.54) is 6.07 Å². The van der Waals surface area contributed by atoms with Crippen molar-refractivity contribution in [2.24, 2.45) is 0 Å². The number of aromatic nitrogens is 2. The molecule has 0 saturated carbocycles. The lowest BCUT2D eigenvalue weighted by atomic mass is 10.1. The van der Waals surface area contributed by atoms with Gasteiger partial charge in [-0.05, 0) is 18.2 Å². The maximum atomic E-state index is 13.6. The van der Waals surface area contributed by atoms with Gasteiger partial charge in [0.15, 0.2) is 0 Å². The van der Waals surface area contributed by atoms with Crippen molar-refractivity contribution in [2.75, 3.05) is 6.54 Å². The number of hydrogen-bond donors (Lipinski definition) is 2. The molecule has 1 atom stereocenters. The predicted octanol–water partition coefficient (Wildman–Crippen LogP) is 2.97. The minimum Gasteiger partial charge on any atom is -0.387 e. The molecule has 1 heterocycles. The van der Waals surface area contributed by atoms with Gasteiger partial charge in [0.25, 0.3) is 0 Å². The Morgan fingerprint density at radius 1 is 1.12 bits per heavy atom. The van der Waals surface area contributed by atoms with Gasteiger partial charge < -0.3 is 15.0 Å². The molecular weight excluding hydrogens is 312 g/mol. The van der Waals surface area contributed by atoms with Crippen LogP contribution in [0.4, 0.5) is 8.78 Å². The molecular formula is C18H17F2N3O. The Hall–Kier alpha value is -2.57. The Morgan fingerprint density at radius 3 is 2.67 bits per heavy atom. The van der Waals surface area contributed by atoms with Gasteiger partial charge in [-0.15, -0.1) is 0 Å². The first kappa shape index (κ1) is 16.3. The summed E-state index contributed by atoms with van der Waals surface area (Å²) in [5, 5.41) is 13.1. The van der Waals surface area contributed by atoms with Gasteiger partial charge in [0.2, 0.25) is 0 Å². The molecule has 0 radical (unpaired) electrons. The average molecular weight is 329 g/mol. The minimum atomic E-state index is -1.06. The van der Waals surface area contributed by atoms with Crippen LogP contribution in [0.2, 0.25) is 0 Å². The Morgan fingerprint density at radius 2 is 1.92 bits per heavy atom. The molecule has 0 bridgehead atoms. The van der Waals surface area contributed by atoms with Gasteiger partial charge in [-0.2, -0.15) is 0 Å². The molecule has 1 unspecified atom stereocenters. The van der Waals surface area contributed by atoms with Crippen LogP contribution < -0.4 is 5.32 Å².